The third kappa shape index (κ3) is 2.02. The van der Waals surface area contributed by atoms with Crippen molar-refractivity contribution in [2.45, 2.75) is 25.3 Å². The summed E-state index contributed by atoms with van der Waals surface area (Å²) in [5.41, 5.74) is 3.00. The molecule has 0 bridgehead atoms. The molecule has 8 heteroatoms. The highest BCUT2D eigenvalue weighted by molar-refractivity contribution is 5.97. The summed E-state index contributed by atoms with van der Waals surface area (Å²) >= 11 is 0. The smallest absolute Gasteiger partial charge is 0.341 e. The maximum Gasteiger partial charge on any atom is 0.341 e. The van der Waals surface area contributed by atoms with Gasteiger partial charge in [-0.05, 0) is 19.8 Å². The molecule has 4 N–H and O–H groups in total. The highest BCUT2D eigenvalue weighted by Gasteiger charge is 2.46. The standard InChI is InChI=1S/C15H14F2N2O4/c1-5-6(14(21)22)12(20)7-8(15(18)3-4-15)9(16)10(17)13(23-2)11(7)19-5/h3-4,18H2,1-2H3,(H,19,20)(H,21,22). The van der Waals surface area contributed by atoms with Crippen molar-refractivity contribution < 1.29 is 23.4 Å². The summed E-state index contributed by atoms with van der Waals surface area (Å²) in [6.07, 6.45) is 0.751. The van der Waals surface area contributed by atoms with E-state index < -0.39 is 39.9 Å². The normalized spacial score (nSPS) is 15.7. The third-order valence-corrected chi connectivity index (χ3v) is 4.18. The molecule has 2 aromatic rings. The molecule has 1 aliphatic carbocycles. The van der Waals surface area contributed by atoms with Gasteiger partial charge in [-0.1, -0.05) is 0 Å². The zero-order valence-corrected chi connectivity index (χ0v) is 12.4. The van der Waals surface area contributed by atoms with Gasteiger partial charge in [0.1, 0.15) is 5.56 Å². The molecule has 0 radical (unpaired) electrons. The minimum absolute atomic E-state index is 0.0205. The zero-order chi connectivity index (χ0) is 17.1. The number of carboxylic acid groups (broad SMARTS) is 1. The third-order valence-electron chi connectivity index (χ3n) is 4.18. The maximum atomic E-state index is 14.5. The Labute approximate surface area is 128 Å². The summed E-state index contributed by atoms with van der Waals surface area (Å²) < 4.78 is 33.6. The predicted molar refractivity (Wildman–Crippen MR) is 77.8 cm³/mol. The number of methoxy groups -OCH3 is 1. The summed E-state index contributed by atoms with van der Waals surface area (Å²) in [6.45, 7) is 1.36. The lowest BCUT2D eigenvalue weighted by Crippen LogP contribution is -2.27. The Morgan fingerprint density at radius 1 is 1.35 bits per heavy atom. The van der Waals surface area contributed by atoms with Gasteiger partial charge >= 0.3 is 5.97 Å². The summed E-state index contributed by atoms with van der Waals surface area (Å²) in [6, 6.07) is 0. The number of nitrogens with one attached hydrogen (secondary N) is 1. The van der Waals surface area contributed by atoms with Gasteiger partial charge in [0.05, 0.1) is 18.0 Å². The number of nitrogens with two attached hydrogens (primary N) is 1. The molecule has 1 aliphatic rings. The first-order valence-electron chi connectivity index (χ1n) is 6.87. The van der Waals surface area contributed by atoms with Gasteiger partial charge in [-0.15, -0.1) is 0 Å². The monoisotopic (exact) mass is 324 g/mol. The van der Waals surface area contributed by atoms with Gasteiger partial charge in [0.15, 0.2) is 11.6 Å². The van der Waals surface area contributed by atoms with Gasteiger partial charge in [-0.2, -0.15) is 4.39 Å². The molecule has 1 fully saturated rings. The van der Waals surface area contributed by atoms with Crippen molar-refractivity contribution in [1.82, 2.24) is 4.98 Å². The quantitative estimate of drug-likeness (QED) is 0.798. The molecule has 0 spiro atoms. The second kappa shape index (κ2) is 4.76. The molecular formula is C15H14F2N2O4. The fraction of sp³-hybridized carbons (Fsp3) is 0.333. The predicted octanol–water partition coefficient (Wildman–Crippen LogP) is 1.77. The van der Waals surface area contributed by atoms with Gasteiger partial charge in [0.2, 0.25) is 11.2 Å². The summed E-state index contributed by atoms with van der Waals surface area (Å²) in [5.74, 6) is -4.48. The van der Waals surface area contributed by atoms with Crippen LogP contribution in [0.5, 0.6) is 5.75 Å². The number of halogens is 2. The maximum absolute atomic E-state index is 14.5. The second-order valence-corrected chi connectivity index (χ2v) is 5.70. The van der Waals surface area contributed by atoms with Gasteiger partial charge in [0, 0.05) is 16.8 Å². The average molecular weight is 324 g/mol. The number of carboxylic acids is 1. The van der Waals surface area contributed by atoms with E-state index in [0.717, 1.165) is 7.11 Å². The number of aromatic amines is 1. The molecule has 0 aliphatic heterocycles. The first-order valence-corrected chi connectivity index (χ1v) is 6.87. The molecular weight excluding hydrogens is 310 g/mol. The van der Waals surface area contributed by atoms with E-state index in [4.69, 9.17) is 10.5 Å². The number of aryl methyl sites for hydroxylation is 1. The molecule has 0 atom stereocenters. The molecule has 122 valence electrons. The van der Waals surface area contributed by atoms with Gasteiger partial charge < -0.3 is 20.6 Å². The molecule has 0 amide bonds. The molecule has 0 saturated heterocycles. The number of hydrogen-bond donors (Lipinski definition) is 3. The summed E-state index contributed by atoms with van der Waals surface area (Å²) in [4.78, 5) is 26.6. The second-order valence-electron chi connectivity index (χ2n) is 5.70. The first-order chi connectivity index (χ1) is 10.7. The van der Waals surface area contributed by atoms with Crippen molar-refractivity contribution in [3.8, 4) is 5.75 Å². The molecule has 3 rings (SSSR count). The zero-order valence-electron chi connectivity index (χ0n) is 12.4. The van der Waals surface area contributed by atoms with Crippen molar-refractivity contribution in [1.29, 1.82) is 0 Å². The lowest BCUT2D eigenvalue weighted by molar-refractivity contribution is 0.0694. The molecule has 1 saturated carbocycles. The fourth-order valence-corrected chi connectivity index (χ4v) is 2.86. The topological polar surface area (TPSA) is 105 Å². The Kier molecular flexibility index (Phi) is 3.19. The van der Waals surface area contributed by atoms with Crippen LogP contribution in [0.1, 0.15) is 34.5 Å². The van der Waals surface area contributed by atoms with Crippen molar-refractivity contribution in [2.75, 3.05) is 7.11 Å². The fourth-order valence-electron chi connectivity index (χ4n) is 2.86. The van der Waals surface area contributed by atoms with E-state index in [0.29, 0.717) is 12.8 Å². The largest absolute Gasteiger partial charge is 0.491 e. The Balaban J connectivity index is 2.61. The number of hydrogen-bond acceptors (Lipinski definition) is 4. The van der Waals surface area contributed by atoms with Crippen LogP contribution in [0.15, 0.2) is 4.79 Å². The van der Waals surface area contributed by atoms with Crippen LogP contribution in [-0.2, 0) is 5.54 Å². The number of aromatic carboxylic acids is 1. The number of fused-ring (bicyclic) bond motifs is 1. The number of rotatable bonds is 3. The van der Waals surface area contributed by atoms with E-state index in [1.165, 1.54) is 6.92 Å². The average Bonchev–Trinajstić information content (AvgIpc) is 3.19. The lowest BCUT2D eigenvalue weighted by Gasteiger charge is -2.18. The van der Waals surface area contributed by atoms with Crippen molar-refractivity contribution in [2.24, 2.45) is 5.73 Å². The SMILES string of the molecule is COc1c(F)c(F)c(C2(N)CC2)c2c(=O)c(C(=O)O)c(C)[nH]c12. The van der Waals surface area contributed by atoms with Crippen LogP contribution in [-0.4, -0.2) is 23.2 Å². The molecule has 23 heavy (non-hydrogen) atoms. The van der Waals surface area contributed by atoms with E-state index in [9.17, 15) is 23.5 Å². The van der Waals surface area contributed by atoms with Crippen LogP contribution in [0.4, 0.5) is 8.78 Å². The van der Waals surface area contributed by atoms with Crippen LogP contribution >= 0.6 is 0 Å². The number of carbonyl (C=O) groups is 1. The Morgan fingerprint density at radius 3 is 2.43 bits per heavy atom. The Hall–Kier alpha value is -2.48. The van der Waals surface area contributed by atoms with E-state index in [1.54, 1.807) is 0 Å². The number of aromatic nitrogens is 1. The number of H-pyrrole nitrogens is 1. The van der Waals surface area contributed by atoms with Crippen LogP contribution < -0.4 is 15.9 Å². The van der Waals surface area contributed by atoms with E-state index in [2.05, 4.69) is 4.98 Å². The molecule has 1 heterocycles. The van der Waals surface area contributed by atoms with Gasteiger partial charge in [-0.25, -0.2) is 9.18 Å². The van der Waals surface area contributed by atoms with Gasteiger partial charge in [0.25, 0.3) is 0 Å². The minimum Gasteiger partial charge on any atom is -0.491 e. The van der Waals surface area contributed by atoms with Crippen LogP contribution in [0.2, 0.25) is 0 Å². The number of ether oxygens (including phenoxy) is 1. The number of benzene rings is 1. The minimum atomic E-state index is -1.46. The van der Waals surface area contributed by atoms with E-state index >= 15 is 0 Å². The number of pyridine rings is 1. The van der Waals surface area contributed by atoms with Crippen molar-refractivity contribution >= 4 is 16.9 Å². The van der Waals surface area contributed by atoms with Crippen LogP contribution in [0, 0.1) is 18.6 Å². The van der Waals surface area contributed by atoms with Crippen molar-refractivity contribution in [3.05, 3.63) is 38.7 Å². The Morgan fingerprint density at radius 2 is 1.96 bits per heavy atom. The summed E-state index contributed by atoms with van der Waals surface area (Å²) in [5, 5.41) is 8.94. The highest BCUT2D eigenvalue weighted by Crippen LogP contribution is 2.48. The highest BCUT2D eigenvalue weighted by atomic mass is 19.2. The molecule has 1 aromatic heterocycles. The first kappa shape index (κ1) is 15.4. The molecule has 6 nitrogen and oxygen atoms in total. The molecule has 0 unspecified atom stereocenters. The van der Waals surface area contributed by atoms with E-state index in [-0.39, 0.29) is 22.2 Å². The van der Waals surface area contributed by atoms with Gasteiger partial charge in [-0.3, -0.25) is 4.79 Å². The lowest BCUT2D eigenvalue weighted by atomic mass is 9.96. The van der Waals surface area contributed by atoms with Crippen molar-refractivity contribution in [3.63, 3.8) is 0 Å². The Bertz CT molecular complexity index is 916. The van der Waals surface area contributed by atoms with Crippen LogP contribution in [0.3, 0.4) is 0 Å². The summed E-state index contributed by atoms with van der Waals surface area (Å²) in [7, 11) is 1.13. The van der Waals surface area contributed by atoms with E-state index in [1.807, 2.05) is 0 Å². The van der Waals surface area contributed by atoms with Crippen LogP contribution in [0.25, 0.3) is 10.9 Å². The molecule has 1 aromatic carbocycles.